The first-order valence-electron chi connectivity index (χ1n) is 6.18. The molecule has 0 bridgehead atoms. The predicted molar refractivity (Wildman–Crippen MR) is 75.6 cm³/mol. The van der Waals surface area contributed by atoms with Crippen LogP contribution >= 0.6 is 0 Å². The molecule has 1 aliphatic carbocycles. The van der Waals surface area contributed by atoms with Crippen molar-refractivity contribution < 1.29 is 9.29 Å². The van der Waals surface area contributed by atoms with Gasteiger partial charge in [-0.2, -0.15) is 0 Å². The fourth-order valence-electron chi connectivity index (χ4n) is 1.31. The molecule has 1 aromatic rings. The minimum absolute atomic E-state index is 0.321. The van der Waals surface area contributed by atoms with Crippen molar-refractivity contribution in [2.45, 2.75) is 44.5 Å². The van der Waals surface area contributed by atoms with Crippen LogP contribution < -0.4 is 4.74 Å². The van der Waals surface area contributed by atoms with Crippen LogP contribution in [0.25, 0.3) is 0 Å². The van der Waals surface area contributed by atoms with Crippen molar-refractivity contribution >= 4 is 17.6 Å². The van der Waals surface area contributed by atoms with Crippen molar-refractivity contribution in [3.05, 3.63) is 29.8 Å². The van der Waals surface area contributed by atoms with Crippen molar-refractivity contribution in [3.63, 3.8) is 0 Å². The van der Waals surface area contributed by atoms with Crippen molar-refractivity contribution in [1.29, 1.82) is 0 Å². The second kappa shape index (κ2) is 5.33. The summed E-state index contributed by atoms with van der Waals surface area (Å²) < 4.78 is 21.3. The van der Waals surface area contributed by atoms with E-state index in [1.165, 1.54) is 0 Å². The molecule has 0 saturated heterocycles. The summed E-state index contributed by atoms with van der Waals surface area (Å²) in [5, 5.41) is 0. The molecule has 0 N–H and O–H groups in total. The van der Waals surface area contributed by atoms with Crippen LogP contribution in [0.5, 0.6) is 5.75 Å². The summed E-state index contributed by atoms with van der Waals surface area (Å²) in [6.07, 6.45) is 4.33. The Kier molecular flexibility index (Phi) is 3.97. The summed E-state index contributed by atoms with van der Waals surface area (Å²) in [6, 6.07) is 7.74. The number of nitrogens with zero attached hydrogens (tertiary/aromatic N) is 1. The smallest absolute Gasteiger partial charge is 0.144 e. The lowest BCUT2D eigenvalue weighted by Gasteiger charge is -2.17. The second-order valence-electron chi connectivity index (χ2n) is 5.49. The average Bonchev–Trinajstić information content (AvgIpc) is 3.09. The summed E-state index contributed by atoms with van der Waals surface area (Å²) in [6.45, 7) is 5.73. The van der Waals surface area contributed by atoms with Gasteiger partial charge in [-0.1, -0.05) is 16.5 Å². The molecule has 0 aromatic heterocycles. The van der Waals surface area contributed by atoms with E-state index >= 15 is 0 Å². The zero-order valence-electron chi connectivity index (χ0n) is 11.1. The number of hydrogen-bond donors (Lipinski definition) is 0. The molecule has 1 unspecified atom stereocenters. The maximum atomic E-state index is 11.8. The Bertz CT molecular complexity index is 436. The highest BCUT2D eigenvalue weighted by atomic mass is 32.2. The Morgan fingerprint density at radius 1 is 1.39 bits per heavy atom. The molecule has 1 aliphatic rings. The van der Waals surface area contributed by atoms with Gasteiger partial charge in [-0.3, -0.25) is 0 Å². The molecule has 98 valence electrons. The zero-order chi connectivity index (χ0) is 13.2. The van der Waals surface area contributed by atoms with Gasteiger partial charge in [-0.25, -0.2) is 0 Å². The standard InChI is InChI=1S/C14H19NO2S/c1-14(2,3)18(16)15-10-11-5-4-6-13(9-11)17-12-7-8-12/h4-6,9-10,12H,7-8H2,1-3H3. The highest BCUT2D eigenvalue weighted by Crippen LogP contribution is 2.27. The molecule has 0 heterocycles. The molecule has 0 radical (unpaired) electrons. The second-order valence-corrected chi connectivity index (χ2v) is 7.42. The predicted octanol–water partition coefficient (Wildman–Crippen LogP) is 3.11. The van der Waals surface area contributed by atoms with Crippen molar-refractivity contribution in [2.75, 3.05) is 0 Å². The third-order valence-electron chi connectivity index (χ3n) is 2.51. The zero-order valence-corrected chi connectivity index (χ0v) is 11.9. The molecule has 2 rings (SSSR count). The van der Waals surface area contributed by atoms with Crippen LogP contribution in [0.4, 0.5) is 0 Å². The first kappa shape index (κ1) is 13.4. The first-order chi connectivity index (χ1) is 8.45. The topological polar surface area (TPSA) is 44.7 Å². The molecule has 0 amide bonds. The van der Waals surface area contributed by atoms with Gasteiger partial charge in [0.05, 0.1) is 12.3 Å². The monoisotopic (exact) mass is 265 g/mol. The van der Waals surface area contributed by atoms with E-state index in [2.05, 4.69) is 4.40 Å². The molecule has 1 fully saturated rings. The van der Waals surface area contributed by atoms with Crippen LogP contribution in [0.15, 0.2) is 28.7 Å². The number of ether oxygens (including phenoxy) is 1. The summed E-state index contributed by atoms with van der Waals surface area (Å²) in [5.41, 5.74) is 0.922. The number of hydrogen-bond acceptors (Lipinski definition) is 3. The molecular weight excluding hydrogens is 246 g/mol. The van der Waals surface area contributed by atoms with Gasteiger partial charge >= 0.3 is 0 Å². The Labute approximate surface area is 112 Å². The van der Waals surface area contributed by atoms with Crippen LogP contribution in [0.2, 0.25) is 0 Å². The Morgan fingerprint density at radius 3 is 2.72 bits per heavy atom. The molecule has 18 heavy (non-hydrogen) atoms. The Balaban J connectivity index is 2.01. The lowest BCUT2D eigenvalue weighted by atomic mass is 10.2. The summed E-state index contributed by atoms with van der Waals surface area (Å²) in [4.78, 5) is 0. The minimum Gasteiger partial charge on any atom is -0.591 e. The maximum Gasteiger partial charge on any atom is 0.144 e. The number of rotatable bonds is 4. The quantitative estimate of drug-likeness (QED) is 0.620. The molecular formula is C14H19NO2S. The van der Waals surface area contributed by atoms with Crippen LogP contribution in [0.3, 0.4) is 0 Å². The summed E-state index contributed by atoms with van der Waals surface area (Å²) >= 11 is -1.21. The van der Waals surface area contributed by atoms with Crippen LogP contribution in [-0.4, -0.2) is 21.6 Å². The number of benzene rings is 1. The molecule has 0 spiro atoms. The van der Waals surface area contributed by atoms with E-state index in [1.54, 1.807) is 6.21 Å². The summed E-state index contributed by atoms with van der Waals surface area (Å²) in [7, 11) is 0. The van der Waals surface area contributed by atoms with Gasteiger partial charge in [0, 0.05) is 5.56 Å². The molecule has 1 atom stereocenters. The third-order valence-corrected chi connectivity index (χ3v) is 3.85. The Hall–Kier alpha value is -1.00. The van der Waals surface area contributed by atoms with Crippen molar-refractivity contribution in [3.8, 4) is 5.75 Å². The average molecular weight is 265 g/mol. The van der Waals surface area contributed by atoms with Gasteiger partial charge in [-0.15, -0.1) is 0 Å². The van der Waals surface area contributed by atoms with Gasteiger partial charge in [0.1, 0.15) is 21.9 Å². The highest BCUT2D eigenvalue weighted by Gasteiger charge is 2.26. The molecule has 1 aromatic carbocycles. The van der Waals surface area contributed by atoms with Gasteiger partial charge in [0.25, 0.3) is 0 Å². The molecule has 1 saturated carbocycles. The van der Waals surface area contributed by atoms with E-state index in [9.17, 15) is 4.55 Å². The fourth-order valence-corrected chi connectivity index (χ4v) is 1.85. The molecule has 4 heteroatoms. The molecule has 0 aliphatic heterocycles. The molecule has 3 nitrogen and oxygen atoms in total. The highest BCUT2D eigenvalue weighted by molar-refractivity contribution is 7.91. The van der Waals surface area contributed by atoms with Gasteiger partial charge < -0.3 is 9.29 Å². The van der Waals surface area contributed by atoms with E-state index < -0.39 is 11.4 Å². The largest absolute Gasteiger partial charge is 0.591 e. The summed E-state index contributed by atoms with van der Waals surface area (Å²) in [5.74, 6) is 0.864. The van der Waals surface area contributed by atoms with Crippen LogP contribution in [0.1, 0.15) is 39.2 Å². The Morgan fingerprint density at radius 2 is 2.11 bits per heavy atom. The van der Waals surface area contributed by atoms with E-state index in [-0.39, 0.29) is 4.75 Å². The first-order valence-corrected chi connectivity index (χ1v) is 7.28. The van der Waals surface area contributed by atoms with Gasteiger partial charge in [0.2, 0.25) is 0 Å². The lowest BCUT2D eigenvalue weighted by Crippen LogP contribution is -2.25. The van der Waals surface area contributed by atoms with E-state index in [0.29, 0.717) is 6.10 Å². The van der Waals surface area contributed by atoms with E-state index in [4.69, 9.17) is 4.74 Å². The van der Waals surface area contributed by atoms with Crippen molar-refractivity contribution in [2.24, 2.45) is 4.40 Å². The SMILES string of the molecule is CC(C)(C)[S+]([O-])N=Cc1cccc(OC2CC2)c1. The van der Waals surface area contributed by atoms with Crippen LogP contribution in [-0.2, 0) is 11.4 Å². The van der Waals surface area contributed by atoms with Crippen LogP contribution in [0, 0.1) is 0 Å². The fraction of sp³-hybridized carbons (Fsp3) is 0.500. The lowest BCUT2D eigenvalue weighted by molar-refractivity contribution is 0.303. The normalized spacial score (nSPS) is 18.0. The minimum atomic E-state index is -1.21. The van der Waals surface area contributed by atoms with Crippen molar-refractivity contribution in [1.82, 2.24) is 0 Å². The third kappa shape index (κ3) is 4.03. The van der Waals surface area contributed by atoms with E-state index in [0.717, 1.165) is 24.2 Å². The maximum absolute atomic E-state index is 11.8. The van der Waals surface area contributed by atoms with E-state index in [1.807, 2.05) is 45.0 Å². The van der Waals surface area contributed by atoms with Gasteiger partial charge in [0.15, 0.2) is 0 Å². The van der Waals surface area contributed by atoms with Gasteiger partial charge in [-0.05, 0) is 45.7 Å².